The van der Waals surface area contributed by atoms with Crippen LogP contribution in [-0.4, -0.2) is 30.1 Å². The summed E-state index contributed by atoms with van der Waals surface area (Å²) in [6.07, 6.45) is 1.29. The van der Waals surface area contributed by atoms with Crippen LogP contribution >= 0.6 is 0 Å². The lowest BCUT2D eigenvalue weighted by Crippen LogP contribution is -2.08. The minimum atomic E-state index is -1.24. The zero-order valence-electron chi connectivity index (χ0n) is 8.87. The van der Waals surface area contributed by atoms with E-state index in [1.165, 1.54) is 11.1 Å². The summed E-state index contributed by atoms with van der Waals surface area (Å²) in [7, 11) is 3.25. The van der Waals surface area contributed by atoms with Crippen molar-refractivity contribution in [3.05, 3.63) is 41.6 Å². The molecule has 1 aromatic rings. The van der Waals surface area contributed by atoms with Crippen LogP contribution in [-0.2, 0) is 4.79 Å². The van der Waals surface area contributed by atoms with Crippen LogP contribution in [0.15, 0.2) is 24.4 Å². The van der Waals surface area contributed by atoms with E-state index in [9.17, 15) is 13.6 Å². The van der Waals surface area contributed by atoms with E-state index in [2.05, 4.69) is 0 Å². The molecule has 0 spiro atoms. The third-order valence-electron chi connectivity index (χ3n) is 1.79. The highest BCUT2D eigenvalue weighted by molar-refractivity contribution is 6.15. The number of aliphatic carboxylic acids is 1. The van der Waals surface area contributed by atoms with Crippen molar-refractivity contribution in [3.8, 4) is 0 Å². The number of halogens is 2. The number of rotatable bonds is 3. The van der Waals surface area contributed by atoms with Crippen LogP contribution in [0.3, 0.4) is 0 Å². The molecule has 0 fully saturated rings. The second kappa shape index (κ2) is 4.74. The molecule has 0 amide bonds. The largest absolute Gasteiger partial charge is 0.478 e. The lowest BCUT2D eigenvalue weighted by molar-refractivity contribution is -0.130. The smallest absolute Gasteiger partial charge is 0.337 e. The van der Waals surface area contributed by atoms with E-state index in [0.29, 0.717) is 6.07 Å². The monoisotopic (exact) mass is 227 g/mol. The molecule has 0 saturated carbocycles. The summed E-state index contributed by atoms with van der Waals surface area (Å²) in [5.41, 5.74) is -0.165. The van der Waals surface area contributed by atoms with Gasteiger partial charge in [0, 0.05) is 26.4 Å². The summed E-state index contributed by atoms with van der Waals surface area (Å²) in [4.78, 5) is 12.4. The molecule has 0 unspecified atom stereocenters. The van der Waals surface area contributed by atoms with Crippen LogP contribution in [0.2, 0.25) is 0 Å². The molecule has 0 aliphatic carbocycles. The molecule has 16 heavy (non-hydrogen) atoms. The minimum absolute atomic E-state index is 0.00120. The maximum Gasteiger partial charge on any atom is 0.337 e. The lowest BCUT2D eigenvalue weighted by Gasteiger charge is -2.09. The van der Waals surface area contributed by atoms with Gasteiger partial charge in [0.15, 0.2) is 0 Å². The first-order valence-corrected chi connectivity index (χ1v) is 4.48. The average molecular weight is 227 g/mol. The summed E-state index contributed by atoms with van der Waals surface area (Å²) in [5.74, 6) is -2.85. The third kappa shape index (κ3) is 3.05. The highest BCUT2D eigenvalue weighted by Gasteiger charge is 2.13. The molecule has 5 heteroatoms. The van der Waals surface area contributed by atoms with Gasteiger partial charge in [-0.1, -0.05) is 0 Å². The maximum atomic E-state index is 12.9. The Morgan fingerprint density at radius 3 is 2.12 bits per heavy atom. The van der Waals surface area contributed by atoms with Gasteiger partial charge in [-0.05, 0) is 17.7 Å². The Kier molecular flexibility index (Phi) is 3.60. The average Bonchev–Trinajstić information content (AvgIpc) is 2.11. The number of hydrogen-bond donors (Lipinski definition) is 1. The Morgan fingerprint density at radius 2 is 1.75 bits per heavy atom. The molecular weight excluding hydrogens is 216 g/mol. The first-order chi connectivity index (χ1) is 7.40. The topological polar surface area (TPSA) is 40.5 Å². The first kappa shape index (κ1) is 12.2. The van der Waals surface area contributed by atoms with Gasteiger partial charge in [0.2, 0.25) is 0 Å². The second-order valence-electron chi connectivity index (χ2n) is 3.47. The number of hydrogen-bond acceptors (Lipinski definition) is 2. The first-order valence-electron chi connectivity index (χ1n) is 4.48. The summed E-state index contributed by atoms with van der Waals surface area (Å²) in [5, 5.41) is 8.92. The van der Waals surface area contributed by atoms with Crippen molar-refractivity contribution in [2.24, 2.45) is 0 Å². The van der Waals surface area contributed by atoms with E-state index in [0.717, 1.165) is 12.1 Å². The quantitative estimate of drug-likeness (QED) is 0.802. The molecular formula is C11H11F2NO2. The van der Waals surface area contributed by atoms with Gasteiger partial charge in [-0.2, -0.15) is 0 Å². The van der Waals surface area contributed by atoms with Crippen LogP contribution in [0.1, 0.15) is 5.56 Å². The molecule has 0 bridgehead atoms. The maximum absolute atomic E-state index is 12.9. The molecule has 1 N–H and O–H groups in total. The van der Waals surface area contributed by atoms with Gasteiger partial charge in [0.05, 0.1) is 5.57 Å². The second-order valence-corrected chi connectivity index (χ2v) is 3.47. The van der Waals surface area contributed by atoms with Crippen molar-refractivity contribution >= 4 is 11.5 Å². The molecule has 0 aliphatic rings. The van der Waals surface area contributed by atoms with Crippen molar-refractivity contribution in [2.45, 2.75) is 0 Å². The van der Waals surface area contributed by atoms with Gasteiger partial charge in [-0.3, -0.25) is 0 Å². The van der Waals surface area contributed by atoms with Crippen LogP contribution in [0, 0.1) is 11.6 Å². The van der Waals surface area contributed by atoms with Crippen molar-refractivity contribution in [3.63, 3.8) is 0 Å². The van der Waals surface area contributed by atoms with Crippen molar-refractivity contribution in [1.29, 1.82) is 0 Å². The summed E-state index contributed by atoms with van der Waals surface area (Å²) >= 11 is 0. The van der Waals surface area contributed by atoms with E-state index in [4.69, 9.17) is 5.11 Å². The normalized spacial score (nSPS) is 11.4. The standard InChI is InChI=1S/C11H11F2NO2/c1-14(2)6-10(11(15)16)7-3-8(12)5-9(13)4-7/h3-6H,1-2H3,(H,15,16)/b10-6-. The molecule has 0 atom stereocenters. The molecule has 0 aliphatic heterocycles. The molecule has 3 nitrogen and oxygen atoms in total. The third-order valence-corrected chi connectivity index (χ3v) is 1.79. The van der Waals surface area contributed by atoms with Gasteiger partial charge < -0.3 is 10.0 Å². The predicted molar refractivity (Wildman–Crippen MR) is 55.7 cm³/mol. The van der Waals surface area contributed by atoms with Crippen molar-refractivity contribution in [2.75, 3.05) is 14.1 Å². The fourth-order valence-electron chi connectivity index (χ4n) is 1.22. The van der Waals surface area contributed by atoms with Gasteiger partial charge in [0.1, 0.15) is 11.6 Å². The fourth-order valence-corrected chi connectivity index (χ4v) is 1.22. The minimum Gasteiger partial charge on any atom is -0.478 e. The van der Waals surface area contributed by atoms with E-state index < -0.39 is 17.6 Å². The van der Waals surface area contributed by atoms with Crippen molar-refractivity contribution < 1.29 is 18.7 Å². The molecule has 0 aromatic heterocycles. The lowest BCUT2D eigenvalue weighted by atomic mass is 10.1. The number of carbonyl (C=O) groups is 1. The molecule has 1 aromatic carbocycles. The summed E-state index contributed by atoms with van der Waals surface area (Å²) in [6.45, 7) is 0. The molecule has 86 valence electrons. The Labute approximate surface area is 91.6 Å². The molecule has 0 saturated heterocycles. The van der Waals surface area contributed by atoms with Crippen LogP contribution in [0.4, 0.5) is 8.78 Å². The Bertz CT molecular complexity index is 421. The van der Waals surface area contributed by atoms with Crippen LogP contribution in [0.5, 0.6) is 0 Å². The zero-order chi connectivity index (χ0) is 12.3. The van der Waals surface area contributed by atoms with Gasteiger partial charge in [0.25, 0.3) is 0 Å². The molecule has 1 rings (SSSR count). The SMILES string of the molecule is CN(C)/C=C(\C(=O)O)c1cc(F)cc(F)c1. The number of carboxylic acids is 1. The highest BCUT2D eigenvalue weighted by atomic mass is 19.1. The fraction of sp³-hybridized carbons (Fsp3) is 0.182. The Hall–Kier alpha value is -1.91. The van der Waals surface area contributed by atoms with Crippen molar-refractivity contribution in [1.82, 2.24) is 4.90 Å². The van der Waals surface area contributed by atoms with E-state index in [1.54, 1.807) is 14.1 Å². The number of carboxylic acid groups (broad SMARTS) is 1. The Morgan fingerprint density at radius 1 is 1.25 bits per heavy atom. The number of benzene rings is 1. The summed E-state index contributed by atoms with van der Waals surface area (Å²) < 4.78 is 25.8. The van der Waals surface area contributed by atoms with Gasteiger partial charge in [-0.15, -0.1) is 0 Å². The van der Waals surface area contributed by atoms with Gasteiger partial charge in [-0.25, -0.2) is 13.6 Å². The predicted octanol–water partition coefficient (Wildman–Crippen LogP) is 1.95. The van der Waals surface area contributed by atoms with E-state index >= 15 is 0 Å². The molecule has 0 radical (unpaired) electrons. The number of nitrogens with zero attached hydrogens (tertiary/aromatic N) is 1. The molecule has 0 heterocycles. The van der Waals surface area contributed by atoms with Gasteiger partial charge >= 0.3 is 5.97 Å². The summed E-state index contributed by atoms with van der Waals surface area (Å²) in [6, 6.07) is 2.65. The van der Waals surface area contributed by atoms with Crippen LogP contribution in [0.25, 0.3) is 5.57 Å². The highest BCUT2D eigenvalue weighted by Crippen LogP contribution is 2.18. The van der Waals surface area contributed by atoms with Crippen LogP contribution < -0.4 is 0 Å². The van der Waals surface area contributed by atoms with E-state index in [-0.39, 0.29) is 11.1 Å². The Balaban J connectivity index is 3.27. The van der Waals surface area contributed by atoms with E-state index in [1.807, 2.05) is 0 Å². The zero-order valence-corrected chi connectivity index (χ0v) is 8.87.